The number of aromatic amines is 1. The largest absolute Gasteiger partial charge is 0.454 e. The molecule has 2 N–H and O–H groups in total. The van der Waals surface area contributed by atoms with Crippen molar-refractivity contribution in [3.8, 4) is 22.8 Å². The first-order chi connectivity index (χ1) is 15.0. The van der Waals surface area contributed by atoms with E-state index < -0.39 is 0 Å². The quantitative estimate of drug-likeness (QED) is 0.515. The maximum absolute atomic E-state index is 12.7. The van der Waals surface area contributed by atoms with Gasteiger partial charge in [0.15, 0.2) is 11.5 Å². The average Bonchev–Trinajstić information content (AvgIpc) is 3.48. The fourth-order valence-electron chi connectivity index (χ4n) is 3.60. The number of hydrogen-bond acceptors (Lipinski definition) is 5. The van der Waals surface area contributed by atoms with E-state index in [0.717, 1.165) is 22.5 Å². The molecule has 0 radical (unpaired) electrons. The number of carbonyl (C=O) groups excluding carboxylic acids is 1. The third-order valence-corrected chi connectivity index (χ3v) is 5.11. The molecule has 4 aromatic rings. The van der Waals surface area contributed by atoms with Gasteiger partial charge in [-0.05, 0) is 61.9 Å². The summed E-state index contributed by atoms with van der Waals surface area (Å²) in [5.74, 6) is 1.12. The van der Waals surface area contributed by atoms with Gasteiger partial charge in [0.1, 0.15) is 5.69 Å². The van der Waals surface area contributed by atoms with Crippen molar-refractivity contribution in [3.63, 3.8) is 0 Å². The number of fused-ring (bicyclic) bond motifs is 1. The van der Waals surface area contributed by atoms with E-state index in [9.17, 15) is 4.79 Å². The van der Waals surface area contributed by atoms with E-state index in [1.165, 1.54) is 0 Å². The summed E-state index contributed by atoms with van der Waals surface area (Å²) in [5, 5.41) is 14.5. The van der Waals surface area contributed by atoms with Crippen molar-refractivity contribution in [1.29, 1.82) is 0 Å². The minimum absolute atomic E-state index is 0.214. The van der Waals surface area contributed by atoms with E-state index in [2.05, 4.69) is 20.6 Å². The van der Waals surface area contributed by atoms with E-state index in [0.29, 0.717) is 35.1 Å². The standard InChI is InChI=1S/C23H21N5O3/c1-14-8-15(2)28(27-14)12-16-4-3-5-18(9-16)24-23(29)20-11-19(25-26-20)17-6-7-21-22(10-17)31-13-30-21/h3-11H,12-13H2,1-2H3,(H,24,29)(H,25,26). The van der Waals surface area contributed by atoms with Crippen LogP contribution >= 0.6 is 0 Å². The molecule has 0 spiro atoms. The smallest absolute Gasteiger partial charge is 0.273 e. The Bertz CT molecular complexity index is 1270. The zero-order chi connectivity index (χ0) is 21.4. The van der Waals surface area contributed by atoms with Crippen LogP contribution in [0.25, 0.3) is 11.3 Å². The van der Waals surface area contributed by atoms with Crippen molar-refractivity contribution in [2.24, 2.45) is 0 Å². The van der Waals surface area contributed by atoms with Crippen LogP contribution in [-0.4, -0.2) is 32.7 Å². The van der Waals surface area contributed by atoms with Crippen LogP contribution in [0.15, 0.2) is 54.6 Å². The van der Waals surface area contributed by atoms with Crippen molar-refractivity contribution >= 4 is 11.6 Å². The molecular formula is C23H21N5O3. The first kappa shape index (κ1) is 18.9. The number of rotatable bonds is 5. The Kier molecular flexibility index (Phi) is 4.66. The highest BCUT2D eigenvalue weighted by molar-refractivity contribution is 6.03. The Morgan fingerprint density at radius 3 is 2.81 bits per heavy atom. The maximum Gasteiger partial charge on any atom is 0.273 e. The number of nitrogens with one attached hydrogen (secondary N) is 2. The Morgan fingerprint density at radius 1 is 1.10 bits per heavy atom. The molecule has 1 aliphatic rings. The molecule has 5 rings (SSSR count). The van der Waals surface area contributed by atoms with Gasteiger partial charge in [0.2, 0.25) is 6.79 Å². The lowest BCUT2D eigenvalue weighted by Gasteiger charge is -2.08. The number of aromatic nitrogens is 4. The second kappa shape index (κ2) is 7.64. The third-order valence-electron chi connectivity index (χ3n) is 5.11. The summed E-state index contributed by atoms with van der Waals surface area (Å²) >= 11 is 0. The van der Waals surface area contributed by atoms with Crippen LogP contribution in [0, 0.1) is 13.8 Å². The number of nitrogens with zero attached hydrogens (tertiary/aromatic N) is 3. The molecule has 0 saturated carbocycles. The fraction of sp³-hybridized carbons (Fsp3) is 0.174. The van der Waals surface area contributed by atoms with Crippen LogP contribution in [-0.2, 0) is 6.54 Å². The summed E-state index contributed by atoms with van der Waals surface area (Å²) in [4.78, 5) is 12.7. The van der Waals surface area contributed by atoms with Crippen molar-refractivity contribution in [2.75, 3.05) is 12.1 Å². The molecule has 3 heterocycles. The van der Waals surface area contributed by atoms with Crippen molar-refractivity contribution < 1.29 is 14.3 Å². The topological polar surface area (TPSA) is 94.1 Å². The van der Waals surface area contributed by atoms with Crippen molar-refractivity contribution in [3.05, 3.63) is 77.2 Å². The summed E-state index contributed by atoms with van der Waals surface area (Å²) in [5.41, 5.74) is 5.71. The molecule has 0 atom stereocenters. The third kappa shape index (κ3) is 3.87. The highest BCUT2D eigenvalue weighted by atomic mass is 16.7. The van der Waals surface area contributed by atoms with Crippen LogP contribution in [0.1, 0.15) is 27.4 Å². The van der Waals surface area contributed by atoms with Gasteiger partial charge in [0.05, 0.1) is 17.9 Å². The van der Waals surface area contributed by atoms with Crippen LogP contribution in [0.5, 0.6) is 11.5 Å². The normalized spacial score (nSPS) is 12.2. The monoisotopic (exact) mass is 415 g/mol. The van der Waals surface area contributed by atoms with Crippen LogP contribution in [0.3, 0.4) is 0 Å². The molecule has 8 heteroatoms. The van der Waals surface area contributed by atoms with E-state index in [-0.39, 0.29) is 12.7 Å². The molecule has 1 aliphatic heterocycles. The molecule has 0 bridgehead atoms. The highest BCUT2D eigenvalue weighted by Gasteiger charge is 2.16. The molecule has 0 aliphatic carbocycles. The molecule has 8 nitrogen and oxygen atoms in total. The van der Waals surface area contributed by atoms with Crippen LogP contribution in [0.4, 0.5) is 5.69 Å². The number of hydrogen-bond donors (Lipinski definition) is 2. The molecule has 1 amide bonds. The van der Waals surface area contributed by atoms with Gasteiger partial charge in [0.25, 0.3) is 5.91 Å². The lowest BCUT2D eigenvalue weighted by atomic mass is 10.1. The molecule has 2 aromatic heterocycles. The summed E-state index contributed by atoms with van der Waals surface area (Å²) in [7, 11) is 0. The van der Waals surface area contributed by atoms with Gasteiger partial charge in [-0.2, -0.15) is 10.2 Å². The van der Waals surface area contributed by atoms with Crippen LogP contribution in [0.2, 0.25) is 0 Å². The summed E-state index contributed by atoms with van der Waals surface area (Å²) in [6, 6.07) is 17.1. The first-order valence-corrected chi connectivity index (χ1v) is 9.92. The number of benzene rings is 2. The van der Waals surface area contributed by atoms with Gasteiger partial charge in [-0.3, -0.25) is 14.6 Å². The Morgan fingerprint density at radius 2 is 1.97 bits per heavy atom. The minimum atomic E-state index is -0.261. The van der Waals surface area contributed by atoms with E-state index >= 15 is 0 Å². The van der Waals surface area contributed by atoms with Crippen molar-refractivity contribution in [1.82, 2.24) is 20.0 Å². The second-order valence-electron chi connectivity index (χ2n) is 7.47. The molecule has 2 aromatic carbocycles. The Hall–Kier alpha value is -4.07. The van der Waals surface area contributed by atoms with Crippen molar-refractivity contribution in [2.45, 2.75) is 20.4 Å². The summed E-state index contributed by atoms with van der Waals surface area (Å²) in [6.45, 7) is 4.86. The molecular weight excluding hydrogens is 394 g/mol. The number of carbonyl (C=O) groups is 1. The van der Waals surface area contributed by atoms with E-state index in [1.807, 2.05) is 67.1 Å². The van der Waals surface area contributed by atoms with Gasteiger partial charge in [0, 0.05) is 16.9 Å². The number of amides is 1. The second-order valence-corrected chi connectivity index (χ2v) is 7.47. The molecule has 31 heavy (non-hydrogen) atoms. The predicted octanol–water partition coefficient (Wildman–Crippen LogP) is 3.92. The lowest BCUT2D eigenvalue weighted by molar-refractivity contribution is 0.102. The Balaban J connectivity index is 1.30. The molecule has 156 valence electrons. The van der Waals surface area contributed by atoms with Gasteiger partial charge < -0.3 is 14.8 Å². The van der Waals surface area contributed by atoms with Gasteiger partial charge in [-0.1, -0.05) is 12.1 Å². The predicted molar refractivity (Wildman–Crippen MR) is 115 cm³/mol. The number of aryl methyl sites for hydroxylation is 2. The first-order valence-electron chi connectivity index (χ1n) is 9.92. The summed E-state index contributed by atoms with van der Waals surface area (Å²) in [6.07, 6.45) is 0. The SMILES string of the molecule is Cc1cc(C)n(Cc2cccc(NC(=O)c3cc(-c4ccc5c(c4)OCO5)n[nH]3)c2)n1. The van der Waals surface area contributed by atoms with E-state index in [1.54, 1.807) is 6.07 Å². The number of ether oxygens (including phenoxy) is 2. The fourth-order valence-corrected chi connectivity index (χ4v) is 3.60. The lowest BCUT2D eigenvalue weighted by Crippen LogP contribution is -2.13. The molecule has 0 saturated heterocycles. The van der Waals surface area contributed by atoms with Crippen LogP contribution < -0.4 is 14.8 Å². The Labute approximate surface area is 178 Å². The maximum atomic E-state index is 12.7. The average molecular weight is 415 g/mol. The van der Waals surface area contributed by atoms with Gasteiger partial charge >= 0.3 is 0 Å². The van der Waals surface area contributed by atoms with E-state index in [4.69, 9.17) is 9.47 Å². The summed E-state index contributed by atoms with van der Waals surface area (Å²) < 4.78 is 12.7. The highest BCUT2D eigenvalue weighted by Crippen LogP contribution is 2.35. The van der Waals surface area contributed by atoms with Gasteiger partial charge in [-0.25, -0.2) is 0 Å². The number of anilines is 1. The molecule has 0 unspecified atom stereocenters. The zero-order valence-electron chi connectivity index (χ0n) is 17.2. The van der Waals surface area contributed by atoms with Gasteiger partial charge in [-0.15, -0.1) is 0 Å². The number of H-pyrrole nitrogens is 1. The zero-order valence-corrected chi connectivity index (χ0v) is 17.2. The minimum Gasteiger partial charge on any atom is -0.454 e. The molecule has 0 fully saturated rings.